The summed E-state index contributed by atoms with van der Waals surface area (Å²) < 4.78 is 12.1. The van der Waals surface area contributed by atoms with Crippen molar-refractivity contribution in [2.45, 2.75) is 54.9 Å². The van der Waals surface area contributed by atoms with Crippen LogP contribution in [0.5, 0.6) is 0 Å². The molecule has 0 atom stereocenters. The maximum absolute atomic E-state index is 12.1. The Labute approximate surface area is 191 Å². The van der Waals surface area contributed by atoms with Gasteiger partial charge in [0.15, 0.2) is 5.78 Å². The topological polar surface area (TPSA) is 37.3 Å². The average Bonchev–Trinajstić information content (AvgIpc) is 2.80. The number of carbonyl (C=O) groups excluding carboxylic acids is 1. The van der Waals surface area contributed by atoms with Crippen molar-refractivity contribution in [1.82, 2.24) is 0 Å². The van der Waals surface area contributed by atoms with E-state index in [9.17, 15) is 9.18 Å². The van der Waals surface area contributed by atoms with Gasteiger partial charge in [0.05, 0.1) is 6.61 Å². The van der Waals surface area contributed by atoms with E-state index in [1.807, 2.05) is 52.8 Å². The number of Topliss-reactive ketones (excluding diaryl/α,β-unsaturated/α-hetero) is 1. The number of aryl methyl sites for hydroxylation is 1. The quantitative estimate of drug-likeness (QED) is 0.237. The third-order valence-corrected chi connectivity index (χ3v) is 3.22. The van der Waals surface area contributed by atoms with E-state index in [-0.39, 0.29) is 18.2 Å². The average molecular weight is 429 g/mol. The second-order valence-corrected chi connectivity index (χ2v) is 5.53. The zero-order chi connectivity index (χ0) is 25.7. The second kappa shape index (κ2) is 34.4. The van der Waals surface area contributed by atoms with Crippen LogP contribution in [-0.2, 0) is 4.79 Å². The van der Waals surface area contributed by atoms with Crippen molar-refractivity contribution in [3.05, 3.63) is 83.8 Å². The zero-order valence-electron chi connectivity index (χ0n) is 20.4. The van der Waals surface area contributed by atoms with Crippen LogP contribution in [0.1, 0.15) is 53.5 Å². The SMILES string of the molecule is C#C.C#C.C/C=C(\C)C(C)=O.C/C=C(\C=C/CO)CC.C=CC.Cc1ccc(F)cc1. The first-order chi connectivity index (χ1) is 14.7. The number of benzene rings is 1. The van der Waals surface area contributed by atoms with Crippen molar-refractivity contribution in [2.75, 3.05) is 6.61 Å². The van der Waals surface area contributed by atoms with Crippen LogP contribution >= 0.6 is 0 Å². The van der Waals surface area contributed by atoms with Crippen molar-refractivity contribution in [1.29, 1.82) is 0 Å². The number of hydrogen-bond acceptors (Lipinski definition) is 2. The smallest absolute Gasteiger partial charge is 0.155 e. The standard InChI is InChI=1S/C8H14O.C7H7F.C6H10O.C3H6.2C2H2/c1-3-8(4-2)6-5-7-9;1-6-2-4-7(8)5-3-6;1-4-5(2)6(3)7;1-3-2;2*1-2/h3,5-6,9H,4,7H2,1-2H3;2-5H,1H3;4H,1-3H3;3H,1H2,2H3;2*1-2H/b6-5-,8-3-;;5-4+;;;. The lowest BCUT2D eigenvalue weighted by molar-refractivity contribution is -0.113. The molecule has 0 fully saturated rings. The summed E-state index contributed by atoms with van der Waals surface area (Å²) in [5.74, 6) is -0.0156. The van der Waals surface area contributed by atoms with Crippen LogP contribution in [-0.4, -0.2) is 17.5 Å². The molecule has 0 radical (unpaired) electrons. The molecule has 0 amide bonds. The number of aliphatic hydroxyl groups excluding tert-OH is 1. The lowest BCUT2D eigenvalue weighted by atomic mass is 10.2. The highest BCUT2D eigenvalue weighted by Crippen LogP contribution is 2.00. The van der Waals surface area contributed by atoms with Gasteiger partial charge in [-0.25, -0.2) is 4.39 Å². The lowest BCUT2D eigenvalue weighted by Gasteiger charge is -1.91. The van der Waals surface area contributed by atoms with Gasteiger partial charge in [-0.3, -0.25) is 4.79 Å². The molecular weight excluding hydrogens is 387 g/mol. The summed E-state index contributed by atoms with van der Waals surface area (Å²) in [6.07, 6.45) is 26.3. The number of terminal acetylenes is 2. The van der Waals surface area contributed by atoms with Gasteiger partial charge in [-0.1, -0.05) is 60.6 Å². The van der Waals surface area contributed by atoms with E-state index in [4.69, 9.17) is 5.11 Å². The van der Waals surface area contributed by atoms with Gasteiger partial charge in [0.2, 0.25) is 0 Å². The summed E-state index contributed by atoms with van der Waals surface area (Å²) in [7, 11) is 0. The van der Waals surface area contributed by atoms with Gasteiger partial charge in [0.25, 0.3) is 0 Å². The zero-order valence-corrected chi connectivity index (χ0v) is 20.4. The van der Waals surface area contributed by atoms with Crippen LogP contribution in [0.3, 0.4) is 0 Å². The van der Waals surface area contributed by atoms with Gasteiger partial charge in [-0.05, 0) is 65.7 Å². The van der Waals surface area contributed by atoms with Crippen LogP contribution in [0.25, 0.3) is 0 Å². The van der Waals surface area contributed by atoms with E-state index in [1.165, 1.54) is 17.7 Å². The van der Waals surface area contributed by atoms with Crippen LogP contribution in [0.4, 0.5) is 4.39 Å². The molecule has 1 rings (SSSR count). The number of carbonyl (C=O) groups is 1. The van der Waals surface area contributed by atoms with Gasteiger partial charge in [-0.2, -0.15) is 0 Å². The van der Waals surface area contributed by atoms with Crippen LogP contribution < -0.4 is 0 Å². The highest BCUT2D eigenvalue weighted by molar-refractivity contribution is 5.92. The van der Waals surface area contributed by atoms with Crippen LogP contribution in [0.2, 0.25) is 0 Å². The van der Waals surface area contributed by atoms with Gasteiger partial charge in [0, 0.05) is 0 Å². The van der Waals surface area contributed by atoms with Crippen molar-refractivity contribution in [2.24, 2.45) is 0 Å². The summed E-state index contributed by atoms with van der Waals surface area (Å²) >= 11 is 0. The Bertz CT molecular complexity index is 630. The fraction of sp³-hybridized carbons (Fsp3) is 0.321. The lowest BCUT2D eigenvalue weighted by Crippen LogP contribution is -1.88. The number of halogens is 1. The Balaban J connectivity index is -0.0000000955. The first kappa shape index (κ1) is 38.5. The Hall–Kier alpha value is -3.14. The normalized spacial score (nSPS) is 9.32. The third-order valence-electron chi connectivity index (χ3n) is 3.22. The van der Waals surface area contributed by atoms with E-state index in [0.29, 0.717) is 0 Å². The summed E-state index contributed by atoms with van der Waals surface area (Å²) in [5, 5.41) is 8.39. The first-order valence-electron chi connectivity index (χ1n) is 9.76. The van der Waals surface area contributed by atoms with Crippen molar-refractivity contribution in [3.63, 3.8) is 0 Å². The van der Waals surface area contributed by atoms with E-state index in [0.717, 1.165) is 17.6 Å². The molecule has 0 spiro atoms. The molecule has 0 aliphatic heterocycles. The van der Waals surface area contributed by atoms with Crippen LogP contribution in [0, 0.1) is 38.4 Å². The number of allylic oxidation sites excluding steroid dienone is 6. The molecule has 1 aromatic carbocycles. The molecule has 172 valence electrons. The summed E-state index contributed by atoms with van der Waals surface area (Å²) in [6, 6.07) is 6.40. The molecule has 2 nitrogen and oxygen atoms in total. The molecule has 0 aromatic heterocycles. The third kappa shape index (κ3) is 38.1. The molecule has 0 saturated carbocycles. The molecule has 0 aliphatic rings. The molecule has 0 saturated heterocycles. The fourth-order valence-electron chi connectivity index (χ4n) is 1.36. The number of ketones is 1. The molecule has 3 heteroatoms. The van der Waals surface area contributed by atoms with Gasteiger partial charge in [-0.15, -0.1) is 32.3 Å². The minimum absolute atomic E-state index is 0.136. The summed E-state index contributed by atoms with van der Waals surface area (Å²) in [4.78, 5) is 10.3. The van der Waals surface area contributed by atoms with Crippen LogP contribution in [0.15, 0.2) is 72.4 Å². The molecular formula is C28H41FO2. The largest absolute Gasteiger partial charge is 0.392 e. The Morgan fingerprint density at radius 2 is 1.45 bits per heavy atom. The summed E-state index contributed by atoms with van der Waals surface area (Å²) in [5.41, 5.74) is 3.19. The van der Waals surface area contributed by atoms with Crippen molar-refractivity contribution >= 4 is 5.78 Å². The first-order valence-corrected chi connectivity index (χ1v) is 9.76. The monoisotopic (exact) mass is 428 g/mol. The van der Waals surface area contributed by atoms with E-state index in [2.05, 4.69) is 39.2 Å². The van der Waals surface area contributed by atoms with E-state index >= 15 is 0 Å². The number of aliphatic hydroxyl groups is 1. The second-order valence-electron chi connectivity index (χ2n) is 5.53. The Morgan fingerprint density at radius 1 is 1.03 bits per heavy atom. The summed E-state index contributed by atoms with van der Waals surface area (Å²) in [6.45, 7) is 16.6. The molecule has 1 aromatic rings. The van der Waals surface area contributed by atoms with Gasteiger partial charge < -0.3 is 5.11 Å². The molecule has 1 N–H and O–H groups in total. The molecule has 0 aliphatic carbocycles. The minimum Gasteiger partial charge on any atom is -0.392 e. The highest BCUT2D eigenvalue weighted by Gasteiger charge is 1.89. The minimum atomic E-state index is -0.171. The van der Waals surface area contributed by atoms with E-state index in [1.54, 1.807) is 31.2 Å². The molecule has 0 unspecified atom stereocenters. The fourth-order valence-corrected chi connectivity index (χ4v) is 1.36. The predicted molar refractivity (Wildman–Crippen MR) is 137 cm³/mol. The highest BCUT2D eigenvalue weighted by atomic mass is 19.1. The van der Waals surface area contributed by atoms with Gasteiger partial charge in [0.1, 0.15) is 5.82 Å². The Morgan fingerprint density at radius 3 is 1.65 bits per heavy atom. The maximum Gasteiger partial charge on any atom is 0.155 e. The Kier molecular flexibility index (Phi) is 42.6. The molecule has 0 heterocycles. The number of hydrogen-bond donors (Lipinski definition) is 1. The van der Waals surface area contributed by atoms with Crippen molar-refractivity contribution in [3.8, 4) is 25.7 Å². The predicted octanol–water partition coefficient (Wildman–Crippen LogP) is 7.26. The molecule has 0 bridgehead atoms. The van der Waals surface area contributed by atoms with Crippen molar-refractivity contribution < 1.29 is 14.3 Å². The number of rotatable bonds is 4. The van der Waals surface area contributed by atoms with Gasteiger partial charge >= 0.3 is 0 Å². The van der Waals surface area contributed by atoms with E-state index < -0.39 is 0 Å². The maximum atomic E-state index is 12.1. The molecule has 31 heavy (non-hydrogen) atoms.